The normalized spacial score (nSPS) is 14.9. The molecule has 1 fully saturated rings. The van der Waals surface area contributed by atoms with Crippen molar-refractivity contribution in [2.45, 2.75) is 32.2 Å². The smallest absolute Gasteiger partial charge is 0.263 e. The van der Waals surface area contributed by atoms with Crippen molar-refractivity contribution in [3.8, 4) is 5.75 Å². The largest absolute Gasteiger partial charge is 0.496 e. The van der Waals surface area contributed by atoms with Crippen molar-refractivity contribution in [1.29, 1.82) is 0 Å². The summed E-state index contributed by atoms with van der Waals surface area (Å²) in [4.78, 5) is 31.5. The maximum atomic E-state index is 12.6. The summed E-state index contributed by atoms with van der Waals surface area (Å²) in [6, 6.07) is 7.69. The first-order valence-corrected chi connectivity index (χ1v) is 9.57. The lowest BCUT2D eigenvalue weighted by atomic mass is 10.0. The van der Waals surface area contributed by atoms with Crippen LogP contribution in [0.15, 0.2) is 29.8 Å². The summed E-state index contributed by atoms with van der Waals surface area (Å²) < 4.78 is 5.32. The Hall–Kier alpha value is -2.41. The van der Waals surface area contributed by atoms with Crippen molar-refractivity contribution in [3.05, 3.63) is 45.9 Å². The van der Waals surface area contributed by atoms with E-state index in [4.69, 9.17) is 4.74 Å². The number of hydrogen-bond acceptors (Lipinski definition) is 5. The highest BCUT2D eigenvalue weighted by molar-refractivity contribution is 7.11. The Balaban J connectivity index is 1.51. The molecule has 1 saturated heterocycles. The zero-order chi connectivity index (χ0) is 18.5. The molecule has 6 nitrogen and oxygen atoms in total. The molecule has 2 amide bonds. The van der Waals surface area contributed by atoms with Crippen molar-refractivity contribution in [2.24, 2.45) is 0 Å². The second kappa shape index (κ2) is 8.31. The average Bonchev–Trinajstić information content (AvgIpc) is 3.09. The van der Waals surface area contributed by atoms with Crippen LogP contribution in [0.4, 0.5) is 0 Å². The number of methoxy groups -OCH3 is 1. The number of para-hydroxylation sites is 1. The molecule has 2 aromatic rings. The van der Waals surface area contributed by atoms with Crippen molar-refractivity contribution >= 4 is 23.2 Å². The van der Waals surface area contributed by atoms with Gasteiger partial charge >= 0.3 is 0 Å². The highest BCUT2D eigenvalue weighted by atomic mass is 32.1. The first kappa shape index (κ1) is 18.4. The SMILES string of the molecule is COc1ccccc1CC(=O)N1CCC(NC(=O)c2scnc2C)CC1. The highest BCUT2D eigenvalue weighted by Crippen LogP contribution is 2.20. The molecular weight excluding hydrogens is 350 g/mol. The third-order valence-corrected chi connectivity index (χ3v) is 5.60. The fourth-order valence-corrected chi connectivity index (χ4v) is 3.87. The monoisotopic (exact) mass is 373 g/mol. The van der Waals surface area contributed by atoms with Crippen LogP contribution in [-0.2, 0) is 11.2 Å². The van der Waals surface area contributed by atoms with Crippen LogP contribution in [0.1, 0.15) is 33.8 Å². The predicted octanol–water partition coefficient (Wildman–Crippen LogP) is 2.42. The molecule has 1 aliphatic rings. The molecule has 0 radical (unpaired) electrons. The average molecular weight is 373 g/mol. The standard InChI is InChI=1S/C19H23N3O3S/c1-13-18(26-12-20-13)19(24)21-15-7-9-22(10-8-15)17(23)11-14-5-3-4-6-16(14)25-2/h3-6,12,15H,7-11H2,1-2H3,(H,21,24). The number of benzene rings is 1. The van der Waals surface area contributed by atoms with Crippen LogP contribution in [0.2, 0.25) is 0 Å². The van der Waals surface area contributed by atoms with Gasteiger partial charge in [-0.1, -0.05) is 18.2 Å². The summed E-state index contributed by atoms with van der Waals surface area (Å²) in [5, 5.41) is 3.06. The van der Waals surface area contributed by atoms with E-state index < -0.39 is 0 Å². The molecule has 26 heavy (non-hydrogen) atoms. The van der Waals surface area contributed by atoms with E-state index in [1.165, 1.54) is 11.3 Å². The van der Waals surface area contributed by atoms with Crippen molar-refractivity contribution < 1.29 is 14.3 Å². The van der Waals surface area contributed by atoms with Gasteiger partial charge in [-0.15, -0.1) is 11.3 Å². The molecule has 1 aromatic heterocycles. The lowest BCUT2D eigenvalue weighted by Gasteiger charge is -2.32. The molecule has 0 bridgehead atoms. The van der Waals surface area contributed by atoms with E-state index in [1.807, 2.05) is 36.1 Å². The van der Waals surface area contributed by atoms with E-state index in [1.54, 1.807) is 12.6 Å². The Morgan fingerprint density at radius 1 is 1.31 bits per heavy atom. The lowest BCUT2D eigenvalue weighted by Crippen LogP contribution is -2.47. The van der Waals surface area contributed by atoms with Crippen molar-refractivity contribution in [3.63, 3.8) is 0 Å². The van der Waals surface area contributed by atoms with Gasteiger partial charge in [-0.25, -0.2) is 4.98 Å². The van der Waals surface area contributed by atoms with E-state index in [9.17, 15) is 9.59 Å². The summed E-state index contributed by atoms with van der Waals surface area (Å²) in [5.41, 5.74) is 3.34. The molecule has 0 aliphatic carbocycles. The van der Waals surface area contributed by atoms with Crippen LogP contribution >= 0.6 is 11.3 Å². The number of likely N-dealkylation sites (tertiary alicyclic amines) is 1. The van der Waals surface area contributed by atoms with Gasteiger partial charge in [-0.2, -0.15) is 0 Å². The Bertz CT molecular complexity index is 782. The van der Waals surface area contributed by atoms with E-state index in [-0.39, 0.29) is 17.9 Å². The Morgan fingerprint density at radius 2 is 2.04 bits per heavy atom. The van der Waals surface area contributed by atoms with Crippen LogP contribution in [0.3, 0.4) is 0 Å². The lowest BCUT2D eigenvalue weighted by molar-refractivity contribution is -0.131. The van der Waals surface area contributed by atoms with Crippen LogP contribution in [0.5, 0.6) is 5.75 Å². The van der Waals surface area contributed by atoms with Crippen molar-refractivity contribution in [1.82, 2.24) is 15.2 Å². The van der Waals surface area contributed by atoms with Crippen LogP contribution in [0, 0.1) is 6.92 Å². The zero-order valence-electron chi connectivity index (χ0n) is 15.0. The summed E-state index contributed by atoms with van der Waals surface area (Å²) >= 11 is 1.36. The number of nitrogens with one attached hydrogen (secondary N) is 1. The van der Waals surface area contributed by atoms with E-state index in [0.717, 1.165) is 29.8 Å². The molecular formula is C19H23N3O3S. The Kier molecular flexibility index (Phi) is 5.88. The maximum absolute atomic E-state index is 12.6. The minimum Gasteiger partial charge on any atom is -0.496 e. The number of carbonyl (C=O) groups excluding carboxylic acids is 2. The number of thiazole rings is 1. The fraction of sp³-hybridized carbons (Fsp3) is 0.421. The fourth-order valence-electron chi connectivity index (χ4n) is 3.17. The molecule has 7 heteroatoms. The number of nitrogens with zero attached hydrogens (tertiary/aromatic N) is 2. The maximum Gasteiger partial charge on any atom is 0.263 e. The number of aryl methyl sites for hydroxylation is 1. The molecule has 3 rings (SSSR count). The van der Waals surface area contributed by atoms with E-state index in [2.05, 4.69) is 10.3 Å². The van der Waals surface area contributed by atoms with Gasteiger partial charge in [-0.05, 0) is 25.8 Å². The summed E-state index contributed by atoms with van der Waals surface area (Å²) in [5.74, 6) is 0.768. The minimum absolute atomic E-state index is 0.0659. The molecule has 1 N–H and O–H groups in total. The number of rotatable bonds is 5. The first-order chi connectivity index (χ1) is 12.6. The number of carbonyl (C=O) groups is 2. The molecule has 1 aliphatic heterocycles. The van der Waals surface area contributed by atoms with Gasteiger partial charge in [-0.3, -0.25) is 9.59 Å². The third-order valence-electron chi connectivity index (χ3n) is 4.67. The minimum atomic E-state index is -0.0659. The predicted molar refractivity (Wildman–Crippen MR) is 101 cm³/mol. The van der Waals surface area contributed by atoms with Gasteiger partial charge in [0.05, 0.1) is 24.7 Å². The number of amides is 2. The number of hydrogen-bond donors (Lipinski definition) is 1. The number of piperidine rings is 1. The number of aromatic nitrogens is 1. The van der Waals surface area contributed by atoms with Gasteiger partial charge in [0.1, 0.15) is 10.6 Å². The molecule has 0 saturated carbocycles. The molecule has 1 aromatic carbocycles. The Labute approximate surface area is 157 Å². The molecule has 138 valence electrons. The summed E-state index contributed by atoms with van der Waals surface area (Å²) in [7, 11) is 1.61. The van der Waals surface area contributed by atoms with E-state index >= 15 is 0 Å². The molecule has 2 heterocycles. The molecule has 0 unspecified atom stereocenters. The zero-order valence-corrected chi connectivity index (χ0v) is 15.8. The quantitative estimate of drug-likeness (QED) is 0.874. The Morgan fingerprint density at radius 3 is 2.69 bits per heavy atom. The van der Waals surface area contributed by atoms with E-state index in [0.29, 0.717) is 24.4 Å². The second-order valence-electron chi connectivity index (χ2n) is 6.38. The third kappa shape index (κ3) is 4.22. The van der Waals surface area contributed by atoms with Gasteiger partial charge < -0.3 is 15.0 Å². The van der Waals surface area contributed by atoms with Gasteiger partial charge in [0.15, 0.2) is 0 Å². The van der Waals surface area contributed by atoms with Gasteiger partial charge in [0, 0.05) is 24.7 Å². The van der Waals surface area contributed by atoms with Gasteiger partial charge in [0.2, 0.25) is 5.91 Å². The molecule has 0 atom stereocenters. The molecule has 0 spiro atoms. The number of ether oxygens (including phenoxy) is 1. The van der Waals surface area contributed by atoms with Crippen LogP contribution in [-0.4, -0.2) is 47.9 Å². The first-order valence-electron chi connectivity index (χ1n) is 8.69. The highest BCUT2D eigenvalue weighted by Gasteiger charge is 2.25. The summed E-state index contributed by atoms with van der Waals surface area (Å²) in [6.45, 7) is 3.14. The summed E-state index contributed by atoms with van der Waals surface area (Å²) in [6.07, 6.45) is 1.86. The van der Waals surface area contributed by atoms with Crippen LogP contribution < -0.4 is 10.1 Å². The van der Waals surface area contributed by atoms with Crippen LogP contribution in [0.25, 0.3) is 0 Å². The second-order valence-corrected chi connectivity index (χ2v) is 7.24. The topological polar surface area (TPSA) is 71.5 Å². The van der Waals surface area contributed by atoms with Crippen molar-refractivity contribution in [2.75, 3.05) is 20.2 Å². The van der Waals surface area contributed by atoms with Gasteiger partial charge in [0.25, 0.3) is 5.91 Å².